The standard InChI is InChI=1S/C13H15ClN4O/c1-13(2,3)9-6-15-11(19)8-4-7-5-16-12(14)17-10(7)18(8)9/h4-5,9H,6H2,1-3H3,(H,15,19)/t9-/m1/s1. The van der Waals surface area contributed by atoms with Crippen molar-refractivity contribution in [2.24, 2.45) is 5.41 Å². The summed E-state index contributed by atoms with van der Waals surface area (Å²) in [6.45, 7) is 7.04. The van der Waals surface area contributed by atoms with E-state index in [0.29, 0.717) is 12.2 Å². The highest BCUT2D eigenvalue weighted by atomic mass is 35.5. The van der Waals surface area contributed by atoms with Crippen LogP contribution in [0.2, 0.25) is 5.28 Å². The number of hydrogen-bond donors (Lipinski definition) is 1. The lowest BCUT2D eigenvalue weighted by molar-refractivity contribution is 0.0884. The molecule has 2 aromatic heterocycles. The summed E-state index contributed by atoms with van der Waals surface area (Å²) in [5.74, 6) is -0.0744. The lowest BCUT2D eigenvalue weighted by Crippen LogP contribution is -2.43. The van der Waals surface area contributed by atoms with Crippen LogP contribution < -0.4 is 5.32 Å². The first-order valence-corrected chi connectivity index (χ1v) is 6.57. The summed E-state index contributed by atoms with van der Waals surface area (Å²) in [5.41, 5.74) is 1.36. The van der Waals surface area contributed by atoms with Crippen LogP contribution >= 0.6 is 11.6 Å². The van der Waals surface area contributed by atoms with Gasteiger partial charge in [-0.1, -0.05) is 20.8 Å². The molecule has 0 bridgehead atoms. The molecule has 0 fully saturated rings. The Kier molecular flexibility index (Phi) is 2.57. The molecule has 0 saturated heterocycles. The largest absolute Gasteiger partial charge is 0.349 e. The zero-order valence-corrected chi connectivity index (χ0v) is 11.8. The van der Waals surface area contributed by atoms with E-state index < -0.39 is 0 Å². The molecular formula is C13H15ClN4O. The number of carbonyl (C=O) groups excluding carboxylic acids is 1. The lowest BCUT2D eigenvalue weighted by atomic mass is 9.85. The van der Waals surface area contributed by atoms with Crippen molar-refractivity contribution in [3.05, 3.63) is 23.2 Å². The van der Waals surface area contributed by atoms with E-state index in [-0.39, 0.29) is 22.6 Å². The van der Waals surface area contributed by atoms with Crippen molar-refractivity contribution in [2.75, 3.05) is 6.54 Å². The summed E-state index contributed by atoms with van der Waals surface area (Å²) in [6, 6.07) is 1.96. The lowest BCUT2D eigenvalue weighted by Gasteiger charge is -2.36. The van der Waals surface area contributed by atoms with Crippen LogP contribution in [-0.4, -0.2) is 27.0 Å². The maximum Gasteiger partial charge on any atom is 0.268 e. The van der Waals surface area contributed by atoms with Gasteiger partial charge in [-0.2, -0.15) is 4.98 Å². The number of nitrogens with zero attached hydrogens (tertiary/aromatic N) is 3. The Hall–Kier alpha value is -1.62. The fourth-order valence-corrected chi connectivity index (χ4v) is 2.67. The smallest absolute Gasteiger partial charge is 0.268 e. The minimum atomic E-state index is -0.0744. The maximum atomic E-state index is 12.0. The monoisotopic (exact) mass is 278 g/mol. The van der Waals surface area contributed by atoms with Crippen LogP contribution in [0.15, 0.2) is 12.3 Å². The Balaban J connectivity index is 2.32. The van der Waals surface area contributed by atoms with Gasteiger partial charge in [0.15, 0.2) is 0 Å². The van der Waals surface area contributed by atoms with E-state index >= 15 is 0 Å². The number of carbonyl (C=O) groups is 1. The molecule has 1 amide bonds. The third-order valence-electron chi connectivity index (χ3n) is 3.55. The van der Waals surface area contributed by atoms with E-state index in [1.807, 2.05) is 10.6 Å². The summed E-state index contributed by atoms with van der Waals surface area (Å²) in [7, 11) is 0. The zero-order valence-electron chi connectivity index (χ0n) is 11.1. The minimum absolute atomic E-state index is 0.00578. The number of nitrogens with one attached hydrogen (secondary N) is 1. The molecule has 3 rings (SSSR count). The highest BCUT2D eigenvalue weighted by molar-refractivity contribution is 6.28. The molecule has 1 aliphatic rings. The molecule has 0 aliphatic carbocycles. The van der Waals surface area contributed by atoms with Gasteiger partial charge in [0, 0.05) is 18.1 Å². The van der Waals surface area contributed by atoms with E-state index in [1.165, 1.54) is 0 Å². The van der Waals surface area contributed by atoms with Crippen LogP contribution in [0.25, 0.3) is 11.0 Å². The number of hydrogen-bond acceptors (Lipinski definition) is 3. The maximum absolute atomic E-state index is 12.0. The topological polar surface area (TPSA) is 59.8 Å². The van der Waals surface area contributed by atoms with Gasteiger partial charge in [-0.15, -0.1) is 0 Å². The van der Waals surface area contributed by atoms with E-state index in [2.05, 4.69) is 36.1 Å². The second-order valence-electron chi connectivity index (χ2n) is 5.91. The number of rotatable bonds is 0. The van der Waals surface area contributed by atoms with Gasteiger partial charge in [-0.05, 0) is 23.1 Å². The van der Waals surface area contributed by atoms with Gasteiger partial charge >= 0.3 is 0 Å². The first-order valence-electron chi connectivity index (χ1n) is 6.19. The minimum Gasteiger partial charge on any atom is -0.349 e. The molecule has 5 nitrogen and oxygen atoms in total. The molecule has 19 heavy (non-hydrogen) atoms. The van der Waals surface area contributed by atoms with E-state index in [0.717, 1.165) is 11.0 Å². The number of halogens is 1. The Morgan fingerprint density at radius 1 is 1.47 bits per heavy atom. The summed E-state index contributed by atoms with van der Waals surface area (Å²) in [4.78, 5) is 20.3. The molecule has 0 unspecified atom stereocenters. The van der Waals surface area contributed by atoms with Crippen LogP contribution in [0, 0.1) is 5.41 Å². The van der Waals surface area contributed by atoms with Crippen LogP contribution in [-0.2, 0) is 0 Å². The number of fused-ring (bicyclic) bond motifs is 3. The SMILES string of the molecule is CC(C)(C)[C@H]1CNC(=O)c2cc3cnc(Cl)nc3n21. The van der Waals surface area contributed by atoms with Crippen molar-refractivity contribution in [1.82, 2.24) is 19.9 Å². The molecular weight excluding hydrogens is 264 g/mol. The zero-order chi connectivity index (χ0) is 13.8. The number of amides is 1. The molecule has 100 valence electrons. The molecule has 1 atom stereocenters. The third kappa shape index (κ3) is 1.89. The highest BCUT2D eigenvalue weighted by Gasteiger charge is 2.35. The van der Waals surface area contributed by atoms with Crippen molar-refractivity contribution in [3.63, 3.8) is 0 Å². The Morgan fingerprint density at radius 2 is 2.21 bits per heavy atom. The average Bonchev–Trinajstić information content (AvgIpc) is 2.68. The van der Waals surface area contributed by atoms with Crippen molar-refractivity contribution < 1.29 is 4.79 Å². The van der Waals surface area contributed by atoms with Gasteiger partial charge in [0.05, 0.1) is 6.04 Å². The fraction of sp³-hybridized carbons (Fsp3) is 0.462. The van der Waals surface area contributed by atoms with Crippen LogP contribution in [0.3, 0.4) is 0 Å². The molecule has 0 saturated carbocycles. The van der Waals surface area contributed by atoms with Gasteiger partial charge in [0.2, 0.25) is 5.28 Å². The van der Waals surface area contributed by atoms with Gasteiger partial charge < -0.3 is 9.88 Å². The van der Waals surface area contributed by atoms with Gasteiger partial charge in [-0.25, -0.2) is 4.98 Å². The predicted octanol–water partition coefficient (Wildman–Crippen LogP) is 2.42. The fourth-order valence-electron chi connectivity index (χ4n) is 2.54. The normalized spacial score (nSPS) is 19.4. The third-order valence-corrected chi connectivity index (χ3v) is 3.73. The summed E-state index contributed by atoms with van der Waals surface area (Å²) >= 11 is 5.88. The van der Waals surface area contributed by atoms with E-state index in [4.69, 9.17) is 11.6 Å². The quantitative estimate of drug-likeness (QED) is 0.753. The molecule has 6 heteroatoms. The second-order valence-corrected chi connectivity index (χ2v) is 6.25. The summed E-state index contributed by atoms with van der Waals surface area (Å²) in [5, 5.41) is 3.97. The first kappa shape index (κ1) is 12.4. The van der Waals surface area contributed by atoms with E-state index in [9.17, 15) is 4.79 Å². The predicted molar refractivity (Wildman–Crippen MR) is 73.4 cm³/mol. The Labute approximate surface area is 116 Å². The molecule has 0 radical (unpaired) electrons. The van der Waals surface area contributed by atoms with Crippen LogP contribution in [0.1, 0.15) is 37.3 Å². The molecule has 1 N–H and O–H groups in total. The van der Waals surface area contributed by atoms with E-state index in [1.54, 1.807) is 6.20 Å². The van der Waals surface area contributed by atoms with Gasteiger partial charge in [-0.3, -0.25) is 4.79 Å². The Bertz CT molecular complexity index is 671. The first-order chi connectivity index (χ1) is 8.88. The van der Waals surface area contributed by atoms with Gasteiger partial charge in [0.25, 0.3) is 5.91 Å². The second kappa shape index (κ2) is 3.93. The molecule has 2 aromatic rings. The average molecular weight is 279 g/mol. The van der Waals surface area contributed by atoms with Gasteiger partial charge in [0.1, 0.15) is 11.3 Å². The molecule has 3 heterocycles. The summed E-state index contributed by atoms with van der Waals surface area (Å²) < 4.78 is 1.99. The van der Waals surface area contributed by atoms with Crippen LogP contribution in [0.5, 0.6) is 0 Å². The molecule has 0 spiro atoms. The number of aromatic nitrogens is 3. The Morgan fingerprint density at radius 3 is 2.89 bits per heavy atom. The van der Waals surface area contributed by atoms with Crippen LogP contribution in [0.4, 0.5) is 0 Å². The molecule has 1 aliphatic heterocycles. The van der Waals surface area contributed by atoms with Crippen molar-refractivity contribution in [2.45, 2.75) is 26.8 Å². The molecule has 0 aromatic carbocycles. The van der Waals surface area contributed by atoms with Crippen molar-refractivity contribution in [1.29, 1.82) is 0 Å². The highest BCUT2D eigenvalue weighted by Crippen LogP contribution is 2.36. The van der Waals surface area contributed by atoms with Crippen molar-refractivity contribution >= 4 is 28.5 Å². The summed E-state index contributed by atoms with van der Waals surface area (Å²) in [6.07, 6.45) is 1.66. The van der Waals surface area contributed by atoms with Crippen molar-refractivity contribution in [3.8, 4) is 0 Å².